The van der Waals surface area contributed by atoms with Crippen molar-refractivity contribution in [3.05, 3.63) is 53.6 Å². The maximum atomic E-state index is 12.7. The quantitative estimate of drug-likeness (QED) is 0.869. The van der Waals surface area contributed by atoms with Crippen LogP contribution in [0.15, 0.2) is 53.1 Å². The van der Waals surface area contributed by atoms with Crippen LogP contribution in [-0.4, -0.2) is 30.9 Å². The van der Waals surface area contributed by atoms with Crippen molar-refractivity contribution in [2.45, 2.75) is 6.92 Å². The van der Waals surface area contributed by atoms with E-state index in [4.69, 9.17) is 9.47 Å². The van der Waals surface area contributed by atoms with Crippen LogP contribution in [0.1, 0.15) is 12.5 Å². The molecule has 0 aliphatic carbocycles. The molecule has 6 heteroatoms. The second-order valence-corrected chi connectivity index (χ2v) is 5.47. The molecule has 25 heavy (non-hydrogen) atoms. The summed E-state index contributed by atoms with van der Waals surface area (Å²) in [6.45, 7) is 1.78. The number of hydrogen-bond acceptors (Lipinski definition) is 5. The molecule has 0 radical (unpaired) electrons. The zero-order chi connectivity index (χ0) is 18.0. The van der Waals surface area contributed by atoms with Crippen molar-refractivity contribution >= 4 is 23.4 Å². The Labute approximate surface area is 145 Å². The fraction of sp³-hybridized carbons (Fsp3) is 0.158. The number of hydrazone groups is 1. The largest absolute Gasteiger partial charge is 0.502 e. The van der Waals surface area contributed by atoms with Crippen LogP contribution >= 0.6 is 0 Å². The summed E-state index contributed by atoms with van der Waals surface area (Å²) in [5.74, 6) is 0.244. The predicted octanol–water partition coefficient (Wildman–Crippen LogP) is 3.22. The Balaban J connectivity index is 2.00. The number of phenolic OH excluding ortho intramolecular Hbond substituents is 1. The fourth-order valence-corrected chi connectivity index (χ4v) is 2.59. The Kier molecular flexibility index (Phi) is 4.43. The van der Waals surface area contributed by atoms with Gasteiger partial charge in [-0.1, -0.05) is 18.2 Å². The number of methoxy groups -OCH3 is 2. The molecule has 1 aliphatic rings. The van der Waals surface area contributed by atoms with Crippen LogP contribution < -0.4 is 14.5 Å². The summed E-state index contributed by atoms with van der Waals surface area (Å²) in [5, 5.41) is 15.7. The third kappa shape index (κ3) is 3.06. The van der Waals surface area contributed by atoms with E-state index >= 15 is 0 Å². The molecular weight excluding hydrogens is 320 g/mol. The molecule has 0 spiro atoms. The fourth-order valence-electron chi connectivity index (χ4n) is 2.59. The van der Waals surface area contributed by atoms with Crippen LogP contribution in [0.4, 0.5) is 5.69 Å². The van der Waals surface area contributed by atoms with Crippen molar-refractivity contribution in [2.75, 3.05) is 19.2 Å². The Bertz CT molecular complexity index is 847. The number of nitrogens with zero attached hydrogens (tertiary/aromatic N) is 2. The molecule has 0 aromatic heterocycles. The number of anilines is 1. The summed E-state index contributed by atoms with van der Waals surface area (Å²) in [6, 6.07) is 12.5. The molecule has 1 N–H and O–H groups in total. The van der Waals surface area contributed by atoms with Crippen LogP contribution in [0, 0.1) is 0 Å². The zero-order valence-electron chi connectivity index (χ0n) is 14.2. The minimum absolute atomic E-state index is 0.0822. The van der Waals surface area contributed by atoms with E-state index in [0.717, 1.165) is 0 Å². The number of rotatable bonds is 4. The molecule has 1 heterocycles. The van der Waals surface area contributed by atoms with Crippen LogP contribution in [0.25, 0.3) is 6.08 Å². The Morgan fingerprint density at radius 1 is 1.08 bits per heavy atom. The summed E-state index contributed by atoms with van der Waals surface area (Å²) in [6.07, 6.45) is 1.70. The second-order valence-electron chi connectivity index (χ2n) is 5.47. The molecule has 1 aliphatic heterocycles. The molecule has 2 aromatic carbocycles. The molecule has 0 fully saturated rings. The highest BCUT2D eigenvalue weighted by Crippen LogP contribution is 2.38. The predicted molar refractivity (Wildman–Crippen MR) is 96.2 cm³/mol. The van der Waals surface area contributed by atoms with Gasteiger partial charge in [-0.05, 0) is 42.8 Å². The summed E-state index contributed by atoms with van der Waals surface area (Å²) in [7, 11) is 2.91. The van der Waals surface area contributed by atoms with Gasteiger partial charge in [0.1, 0.15) is 0 Å². The molecule has 0 atom stereocenters. The summed E-state index contributed by atoms with van der Waals surface area (Å²) < 4.78 is 10.3. The van der Waals surface area contributed by atoms with Crippen molar-refractivity contribution in [3.8, 4) is 17.2 Å². The molecule has 0 unspecified atom stereocenters. The molecule has 0 bridgehead atoms. The van der Waals surface area contributed by atoms with Crippen LogP contribution in [0.2, 0.25) is 0 Å². The van der Waals surface area contributed by atoms with Gasteiger partial charge in [-0.2, -0.15) is 10.1 Å². The van der Waals surface area contributed by atoms with Crippen molar-refractivity contribution in [1.82, 2.24) is 0 Å². The van der Waals surface area contributed by atoms with Gasteiger partial charge in [0.25, 0.3) is 5.91 Å². The topological polar surface area (TPSA) is 71.4 Å². The van der Waals surface area contributed by atoms with Crippen molar-refractivity contribution in [3.63, 3.8) is 0 Å². The number of benzene rings is 2. The minimum Gasteiger partial charge on any atom is -0.502 e. The van der Waals surface area contributed by atoms with Crippen LogP contribution in [-0.2, 0) is 4.79 Å². The second kappa shape index (κ2) is 6.68. The van der Waals surface area contributed by atoms with Gasteiger partial charge in [0.05, 0.1) is 31.2 Å². The first kappa shape index (κ1) is 16.6. The summed E-state index contributed by atoms with van der Waals surface area (Å²) in [5.41, 5.74) is 2.45. The number of amides is 1. The highest BCUT2D eigenvalue weighted by atomic mass is 16.5. The number of hydrogen-bond donors (Lipinski definition) is 1. The number of aromatic hydroxyl groups is 1. The normalized spacial score (nSPS) is 15.5. The lowest BCUT2D eigenvalue weighted by Gasteiger charge is -2.11. The SMILES string of the molecule is COc1cc(/C=C2/C(=O)N(c3ccccc3)N=C2C)cc(OC)c1O. The van der Waals surface area contributed by atoms with Gasteiger partial charge in [0.15, 0.2) is 11.5 Å². The lowest BCUT2D eigenvalue weighted by atomic mass is 10.1. The maximum Gasteiger partial charge on any atom is 0.280 e. The number of carbonyl (C=O) groups excluding carboxylic acids is 1. The van der Waals surface area contributed by atoms with E-state index in [1.54, 1.807) is 25.1 Å². The van der Waals surface area contributed by atoms with Gasteiger partial charge < -0.3 is 14.6 Å². The maximum absolute atomic E-state index is 12.7. The number of ether oxygens (including phenoxy) is 2. The molecule has 128 valence electrons. The van der Waals surface area contributed by atoms with Gasteiger partial charge in [0.2, 0.25) is 5.75 Å². The Morgan fingerprint density at radius 2 is 1.68 bits per heavy atom. The van der Waals surface area contributed by atoms with E-state index in [2.05, 4.69) is 5.10 Å². The first-order valence-electron chi connectivity index (χ1n) is 7.67. The molecule has 3 rings (SSSR count). The summed E-state index contributed by atoms with van der Waals surface area (Å²) >= 11 is 0. The van der Waals surface area contributed by atoms with Crippen molar-refractivity contribution in [1.29, 1.82) is 0 Å². The molecule has 6 nitrogen and oxygen atoms in total. The van der Waals surface area contributed by atoms with Crippen molar-refractivity contribution in [2.24, 2.45) is 5.10 Å². The molecule has 0 saturated carbocycles. The Morgan fingerprint density at radius 3 is 2.24 bits per heavy atom. The van der Waals surface area contributed by atoms with Gasteiger partial charge in [-0.15, -0.1) is 0 Å². The average Bonchev–Trinajstić information content (AvgIpc) is 2.91. The van der Waals surface area contributed by atoms with E-state index < -0.39 is 0 Å². The van der Waals surface area contributed by atoms with Crippen LogP contribution in [0.3, 0.4) is 0 Å². The van der Waals surface area contributed by atoms with E-state index in [0.29, 0.717) is 22.5 Å². The summed E-state index contributed by atoms with van der Waals surface area (Å²) in [4.78, 5) is 12.7. The van der Waals surface area contributed by atoms with Crippen molar-refractivity contribution < 1.29 is 19.4 Å². The zero-order valence-corrected chi connectivity index (χ0v) is 14.2. The van der Waals surface area contributed by atoms with Gasteiger partial charge in [0, 0.05) is 0 Å². The minimum atomic E-state index is -0.213. The lowest BCUT2D eigenvalue weighted by Crippen LogP contribution is -2.21. The molecule has 0 saturated heterocycles. The molecule has 2 aromatic rings. The van der Waals surface area contributed by atoms with E-state index in [-0.39, 0.29) is 23.2 Å². The number of carbonyl (C=O) groups is 1. The molecule has 1 amide bonds. The first-order valence-corrected chi connectivity index (χ1v) is 7.67. The standard InChI is InChI=1S/C19H18N2O4/c1-12-15(19(23)21(20-12)14-7-5-4-6-8-14)9-13-10-16(24-2)18(22)17(11-13)25-3/h4-11,22H,1-3H3/b15-9+. The highest BCUT2D eigenvalue weighted by molar-refractivity contribution is 6.32. The smallest absolute Gasteiger partial charge is 0.280 e. The first-order chi connectivity index (χ1) is 12.0. The third-order valence-corrected chi connectivity index (χ3v) is 3.88. The van der Waals surface area contributed by atoms with Gasteiger partial charge in [-0.3, -0.25) is 4.79 Å². The third-order valence-electron chi connectivity index (χ3n) is 3.88. The highest BCUT2D eigenvalue weighted by Gasteiger charge is 2.28. The number of para-hydroxylation sites is 1. The monoisotopic (exact) mass is 338 g/mol. The molecular formula is C19H18N2O4. The van der Waals surface area contributed by atoms with E-state index in [9.17, 15) is 9.90 Å². The Hall–Kier alpha value is -3.28. The van der Waals surface area contributed by atoms with Crippen LogP contribution in [0.5, 0.6) is 17.2 Å². The number of phenols is 1. The van der Waals surface area contributed by atoms with Gasteiger partial charge in [-0.25, -0.2) is 0 Å². The lowest BCUT2D eigenvalue weighted by molar-refractivity contribution is -0.114. The van der Waals surface area contributed by atoms with E-state index in [1.807, 2.05) is 30.3 Å². The van der Waals surface area contributed by atoms with Gasteiger partial charge >= 0.3 is 0 Å². The van der Waals surface area contributed by atoms with E-state index in [1.165, 1.54) is 19.2 Å². The average molecular weight is 338 g/mol.